The third kappa shape index (κ3) is 3.65. The van der Waals surface area contributed by atoms with Gasteiger partial charge >= 0.3 is 0 Å². The molecule has 0 aliphatic carbocycles. The van der Waals surface area contributed by atoms with Crippen LogP contribution in [-0.4, -0.2) is 4.57 Å². The summed E-state index contributed by atoms with van der Waals surface area (Å²) in [5.41, 5.74) is 10.2. The normalized spacial score (nSPS) is 11.5. The van der Waals surface area contributed by atoms with Gasteiger partial charge in [-0.25, -0.2) is 0 Å². The molecule has 0 amide bonds. The van der Waals surface area contributed by atoms with Crippen LogP contribution in [0.3, 0.4) is 0 Å². The number of rotatable bonds is 4. The monoisotopic (exact) mass is 511 g/mol. The van der Waals surface area contributed by atoms with Gasteiger partial charge < -0.3 is 8.98 Å². The number of para-hydroxylation sites is 1. The van der Waals surface area contributed by atoms with Gasteiger partial charge in [0.1, 0.15) is 11.3 Å². The number of fused-ring (bicyclic) bond motifs is 5. The van der Waals surface area contributed by atoms with E-state index < -0.39 is 0 Å². The molecule has 0 atom stereocenters. The van der Waals surface area contributed by atoms with Crippen LogP contribution in [0.15, 0.2) is 156 Å². The summed E-state index contributed by atoms with van der Waals surface area (Å²) in [5.74, 6) is 0.886. The van der Waals surface area contributed by atoms with Gasteiger partial charge in [-0.3, -0.25) is 0 Å². The van der Waals surface area contributed by atoms with Crippen LogP contribution in [0.1, 0.15) is 0 Å². The molecule has 0 radical (unpaired) electrons. The van der Waals surface area contributed by atoms with E-state index in [1.807, 2.05) is 18.2 Å². The minimum atomic E-state index is 0.886. The summed E-state index contributed by atoms with van der Waals surface area (Å²) in [4.78, 5) is 0. The maximum atomic E-state index is 6.60. The summed E-state index contributed by atoms with van der Waals surface area (Å²) in [7, 11) is 0. The number of hydrogen-bond acceptors (Lipinski definition) is 1. The van der Waals surface area contributed by atoms with E-state index >= 15 is 0 Å². The van der Waals surface area contributed by atoms with E-state index in [1.54, 1.807) is 0 Å². The molecule has 8 rings (SSSR count). The molecule has 2 nitrogen and oxygen atoms in total. The van der Waals surface area contributed by atoms with Crippen molar-refractivity contribution in [3.05, 3.63) is 152 Å². The maximum absolute atomic E-state index is 6.60. The molecule has 40 heavy (non-hydrogen) atoms. The smallest absolute Gasteiger partial charge is 0.144 e. The van der Waals surface area contributed by atoms with E-state index in [2.05, 4.69) is 138 Å². The highest BCUT2D eigenvalue weighted by molar-refractivity contribution is 6.20. The van der Waals surface area contributed by atoms with Gasteiger partial charge in [0, 0.05) is 22.0 Å². The average Bonchev–Trinajstić information content (AvgIpc) is 3.62. The minimum Gasteiger partial charge on any atom is -0.455 e. The van der Waals surface area contributed by atoms with Crippen LogP contribution >= 0.6 is 0 Å². The fourth-order valence-electron chi connectivity index (χ4n) is 5.91. The molecule has 0 saturated carbocycles. The first kappa shape index (κ1) is 22.6. The zero-order valence-electron chi connectivity index (χ0n) is 21.8. The average molecular weight is 512 g/mol. The number of furan rings is 1. The fraction of sp³-hybridized carbons (Fsp3) is 0. The second-order valence-corrected chi connectivity index (χ2v) is 10.2. The van der Waals surface area contributed by atoms with Gasteiger partial charge in [-0.2, -0.15) is 0 Å². The maximum Gasteiger partial charge on any atom is 0.144 e. The van der Waals surface area contributed by atoms with Crippen molar-refractivity contribution in [2.75, 3.05) is 0 Å². The van der Waals surface area contributed by atoms with Gasteiger partial charge in [0.25, 0.3) is 0 Å². The SMILES string of the molecule is c1ccc(-c2cc(-c3ccccc3)cc(-n3c4ccccc4c4c5oc(-c6ccccc6)cc5ccc43)c2)cc1. The largest absolute Gasteiger partial charge is 0.455 e. The van der Waals surface area contributed by atoms with Crippen LogP contribution in [-0.2, 0) is 0 Å². The Morgan fingerprint density at radius 2 is 1.00 bits per heavy atom. The van der Waals surface area contributed by atoms with Crippen molar-refractivity contribution < 1.29 is 4.42 Å². The third-order valence-electron chi connectivity index (χ3n) is 7.77. The first-order valence-electron chi connectivity index (χ1n) is 13.6. The van der Waals surface area contributed by atoms with Crippen molar-refractivity contribution in [1.29, 1.82) is 0 Å². The van der Waals surface area contributed by atoms with E-state index in [1.165, 1.54) is 27.6 Å². The standard InChI is InChI=1S/C38H25NO/c1-4-12-26(13-5-1)30-22-31(27-14-6-2-7-15-27)24-32(23-30)39-34-19-11-10-18-33(34)37-35(39)21-20-29-25-36(40-38(29)37)28-16-8-3-9-17-28/h1-25H. The fourth-order valence-corrected chi connectivity index (χ4v) is 5.91. The van der Waals surface area contributed by atoms with Crippen molar-refractivity contribution in [3.8, 4) is 39.3 Å². The van der Waals surface area contributed by atoms with E-state index in [-0.39, 0.29) is 0 Å². The Morgan fingerprint density at radius 1 is 0.425 bits per heavy atom. The summed E-state index contributed by atoms with van der Waals surface area (Å²) in [5, 5.41) is 3.43. The molecule has 188 valence electrons. The Bertz CT molecular complexity index is 2080. The summed E-state index contributed by atoms with van der Waals surface area (Å²) >= 11 is 0. The van der Waals surface area contributed by atoms with E-state index in [9.17, 15) is 0 Å². The lowest BCUT2D eigenvalue weighted by atomic mass is 9.98. The Morgan fingerprint density at radius 3 is 1.65 bits per heavy atom. The van der Waals surface area contributed by atoms with E-state index in [0.29, 0.717) is 0 Å². The van der Waals surface area contributed by atoms with Gasteiger partial charge in [-0.15, -0.1) is 0 Å². The topological polar surface area (TPSA) is 18.1 Å². The molecule has 0 spiro atoms. The first-order valence-corrected chi connectivity index (χ1v) is 13.6. The lowest BCUT2D eigenvalue weighted by molar-refractivity contribution is 0.635. The third-order valence-corrected chi connectivity index (χ3v) is 7.77. The molecule has 2 heterocycles. The molecule has 2 aromatic heterocycles. The first-order chi connectivity index (χ1) is 19.8. The molecule has 0 aliphatic heterocycles. The second kappa shape index (κ2) is 9.14. The molecule has 0 fully saturated rings. The van der Waals surface area contributed by atoms with Gasteiger partial charge in [-0.05, 0) is 64.7 Å². The predicted molar refractivity (Wildman–Crippen MR) is 167 cm³/mol. The predicted octanol–water partition coefficient (Wildman–Crippen LogP) is 10.5. The summed E-state index contributed by atoms with van der Waals surface area (Å²) in [6.45, 7) is 0. The van der Waals surface area contributed by atoms with Crippen LogP contribution < -0.4 is 0 Å². The Labute approximate surface area is 232 Å². The number of benzene rings is 6. The van der Waals surface area contributed by atoms with Crippen LogP contribution in [0.4, 0.5) is 0 Å². The molecule has 2 heteroatoms. The van der Waals surface area contributed by atoms with Crippen molar-refractivity contribution in [2.24, 2.45) is 0 Å². The molecule has 0 bridgehead atoms. The summed E-state index contributed by atoms with van der Waals surface area (Å²) in [6.07, 6.45) is 0. The van der Waals surface area contributed by atoms with Crippen LogP contribution in [0, 0.1) is 0 Å². The Balaban J connectivity index is 1.43. The van der Waals surface area contributed by atoms with Crippen LogP contribution in [0.2, 0.25) is 0 Å². The van der Waals surface area contributed by atoms with Crippen LogP contribution in [0.25, 0.3) is 72.0 Å². The highest BCUT2D eigenvalue weighted by Gasteiger charge is 2.19. The quantitative estimate of drug-likeness (QED) is 0.230. The zero-order chi connectivity index (χ0) is 26.5. The summed E-state index contributed by atoms with van der Waals surface area (Å²) in [6, 6.07) is 53.7. The highest BCUT2D eigenvalue weighted by Crippen LogP contribution is 2.41. The molecule has 6 aromatic carbocycles. The zero-order valence-corrected chi connectivity index (χ0v) is 21.8. The van der Waals surface area contributed by atoms with Crippen molar-refractivity contribution in [3.63, 3.8) is 0 Å². The molecule has 0 saturated heterocycles. The van der Waals surface area contributed by atoms with Crippen LogP contribution in [0.5, 0.6) is 0 Å². The summed E-state index contributed by atoms with van der Waals surface area (Å²) < 4.78 is 8.98. The number of hydrogen-bond donors (Lipinski definition) is 0. The van der Waals surface area contributed by atoms with Gasteiger partial charge in [-0.1, -0.05) is 109 Å². The Kier molecular flexibility index (Phi) is 5.17. The minimum absolute atomic E-state index is 0.886. The molecule has 0 unspecified atom stereocenters. The van der Waals surface area contributed by atoms with Gasteiger partial charge in [0.15, 0.2) is 0 Å². The van der Waals surface area contributed by atoms with Crippen molar-refractivity contribution in [2.45, 2.75) is 0 Å². The molecule has 0 aliphatic rings. The van der Waals surface area contributed by atoms with E-state index in [4.69, 9.17) is 4.42 Å². The lowest BCUT2D eigenvalue weighted by Gasteiger charge is -2.14. The van der Waals surface area contributed by atoms with Gasteiger partial charge in [0.05, 0.1) is 16.4 Å². The van der Waals surface area contributed by atoms with Gasteiger partial charge in [0.2, 0.25) is 0 Å². The molecular weight excluding hydrogens is 486 g/mol. The molecular formula is C38H25NO. The Hall–Kier alpha value is -5.34. The van der Waals surface area contributed by atoms with Crippen molar-refractivity contribution >= 4 is 32.8 Å². The number of nitrogens with zero attached hydrogens (tertiary/aromatic N) is 1. The van der Waals surface area contributed by atoms with E-state index in [0.717, 1.165) is 44.4 Å². The van der Waals surface area contributed by atoms with Crippen molar-refractivity contribution in [1.82, 2.24) is 4.57 Å². The molecule has 0 N–H and O–H groups in total. The lowest BCUT2D eigenvalue weighted by Crippen LogP contribution is -1.96. The number of aromatic nitrogens is 1. The highest BCUT2D eigenvalue weighted by atomic mass is 16.3. The second-order valence-electron chi connectivity index (χ2n) is 10.2. The molecule has 8 aromatic rings.